The standard InChI is InChI=1S/C8H14N2O2/c9-5-8(10-2-3-11)7-1-4-12-6-7/h1,4,6,8,10-11H,2-3,5,9H2. The zero-order valence-corrected chi connectivity index (χ0v) is 6.86. The van der Waals surface area contributed by atoms with Crippen LogP contribution in [0.15, 0.2) is 23.0 Å². The lowest BCUT2D eigenvalue weighted by molar-refractivity contribution is 0.285. The lowest BCUT2D eigenvalue weighted by Crippen LogP contribution is -2.29. The van der Waals surface area contributed by atoms with E-state index in [0.717, 1.165) is 5.56 Å². The predicted octanol–water partition coefficient (Wildman–Crippen LogP) is -0.139. The maximum Gasteiger partial charge on any atom is 0.0950 e. The molecule has 4 nitrogen and oxygen atoms in total. The third-order valence-electron chi connectivity index (χ3n) is 1.68. The van der Waals surface area contributed by atoms with Crippen molar-refractivity contribution in [2.75, 3.05) is 19.7 Å². The molecule has 0 saturated heterocycles. The van der Waals surface area contributed by atoms with E-state index in [0.29, 0.717) is 13.1 Å². The van der Waals surface area contributed by atoms with Crippen molar-refractivity contribution in [1.82, 2.24) is 5.32 Å². The summed E-state index contributed by atoms with van der Waals surface area (Å²) in [5, 5.41) is 11.7. The van der Waals surface area contributed by atoms with E-state index >= 15 is 0 Å². The molecule has 0 saturated carbocycles. The van der Waals surface area contributed by atoms with Gasteiger partial charge in [0.1, 0.15) is 0 Å². The Kier molecular flexibility index (Phi) is 3.79. The van der Waals surface area contributed by atoms with Crippen molar-refractivity contribution in [3.8, 4) is 0 Å². The molecule has 0 spiro atoms. The van der Waals surface area contributed by atoms with Gasteiger partial charge in [0.15, 0.2) is 0 Å². The zero-order valence-electron chi connectivity index (χ0n) is 6.86. The summed E-state index contributed by atoms with van der Waals surface area (Å²) in [6, 6.07) is 1.94. The van der Waals surface area contributed by atoms with Crippen LogP contribution < -0.4 is 11.1 Å². The van der Waals surface area contributed by atoms with Crippen molar-refractivity contribution < 1.29 is 9.52 Å². The Morgan fingerprint density at radius 3 is 3.00 bits per heavy atom. The van der Waals surface area contributed by atoms with Crippen LogP contribution in [0, 0.1) is 0 Å². The highest BCUT2D eigenvalue weighted by molar-refractivity contribution is 5.11. The van der Waals surface area contributed by atoms with Crippen LogP contribution >= 0.6 is 0 Å². The first kappa shape index (κ1) is 9.25. The molecule has 0 fully saturated rings. The smallest absolute Gasteiger partial charge is 0.0950 e. The lowest BCUT2D eigenvalue weighted by Gasteiger charge is -2.13. The van der Waals surface area contributed by atoms with E-state index in [2.05, 4.69) is 5.32 Å². The fraction of sp³-hybridized carbons (Fsp3) is 0.500. The molecule has 0 bridgehead atoms. The summed E-state index contributed by atoms with van der Waals surface area (Å²) >= 11 is 0. The minimum Gasteiger partial charge on any atom is -0.472 e. The summed E-state index contributed by atoms with van der Waals surface area (Å²) in [7, 11) is 0. The minimum absolute atomic E-state index is 0.0795. The van der Waals surface area contributed by atoms with Crippen molar-refractivity contribution in [3.63, 3.8) is 0 Å². The van der Waals surface area contributed by atoms with Gasteiger partial charge in [-0.2, -0.15) is 0 Å². The number of hydrogen-bond donors (Lipinski definition) is 3. The molecule has 0 amide bonds. The van der Waals surface area contributed by atoms with Crippen LogP contribution in [0.1, 0.15) is 11.6 Å². The molecule has 1 rings (SSSR count). The summed E-state index contributed by atoms with van der Waals surface area (Å²) in [5.74, 6) is 0. The van der Waals surface area contributed by atoms with Crippen molar-refractivity contribution in [2.45, 2.75) is 6.04 Å². The first-order chi connectivity index (χ1) is 5.88. The second kappa shape index (κ2) is 4.92. The Bertz CT molecular complexity index is 199. The molecule has 1 unspecified atom stereocenters. The molecule has 12 heavy (non-hydrogen) atoms. The van der Waals surface area contributed by atoms with Crippen LogP contribution in [0.25, 0.3) is 0 Å². The van der Waals surface area contributed by atoms with E-state index in [1.165, 1.54) is 0 Å². The Morgan fingerprint density at radius 1 is 1.67 bits per heavy atom. The number of nitrogens with two attached hydrogens (primary N) is 1. The molecule has 0 aliphatic heterocycles. The molecule has 0 aliphatic rings. The summed E-state index contributed by atoms with van der Waals surface area (Å²) in [5.41, 5.74) is 6.54. The first-order valence-electron chi connectivity index (χ1n) is 3.95. The predicted molar refractivity (Wildman–Crippen MR) is 45.6 cm³/mol. The van der Waals surface area contributed by atoms with Crippen LogP contribution in [0.5, 0.6) is 0 Å². The molecule has 1 atom stereocenters. The Hall–Kier alpha value is -0.840. The molecule has 1 heterocycles. The summed E-state index contributed by atoms with van der Waals surface area (Å²) < 4.78 is 4.92. The van der Waals surface area contributed by atoms with Gasteiger partial charge in [0, 0.05) is 24.7 Å². The molecule has 0 aromatic carbocycles. The summed E-state index contributed by atoms with van der Waals surface area (Å²) in [6.45, 7) is 1.17. The average Bonchev–Trinajstić information content (AvgIpc) is 2.59. The quantitative estimate of drug-likeness (QED) is 0.575. The SMILES string of the molecule is NCC(NCCO)c1ccoc1. The minimum atomic E-state index is 0.0795. The van der Waals surface area contributed by atoms with Gasteiger partial charge < -0.3 is 20.6 Å². The van der Waals surface area contributed by atoms with Gasteiger partial charge >= 0.3 is 0 Å². The van der Waals surface area contributed by atoms with Crippen molar-refractivity contribution in [2.24, 2.45) is 5.73 Å². The van der Waals surface area contributed by atoms with Crippen molar-refractivity contribution >= 4 is 0 Å². The Morgan fingerprint density at radius 2 is 2.50 bits per heavy atom. The third kappa shape index (κ3) is 2.34. The fourth-order valence-electron chi connectivity index (χ4n) is 1.05. The molecule has 1 aromatic rings. The number of furan rings is 1. The van der Waals surface area contributed by atoms with Crippen LogP contribution in [0.3, 0.4) is 0 Å². The van der Waals surface area contributed by atoms with Gasteiger partial charge in [-0.05, 0) is 6.07 Å². The van der Waals surface area contributed by atoms with Gasteiger partial charge in [-0.15, -0.1) is 0 Å². The van der Waals surface area contributed by atoms with Crippen molar-refractivity contribution in [3.05, 3.63) is 24.2 Å². The number of aliphatic hydroxyl groups is 1. The van der Waals surface area contributed by atoms with Crippen LogP contribution in [-0.4, -0.2) is 24.8 Å². The third-order valence-corrected chi connectivity index (χ3v) is 1.68. The number of nitrogens with one attached hydrogen (secondary N) is 1. The summed E-state index contributed by atoms with van der Waals surface area (Å²) in [6.07, 6.45) is 3.26. The number of aliphatic hydroxyl groups excluding tert-OH is 1. The van der Waals surface area contributed by atoms with E-state index < -0.39 is 0 Å². The van der Waals surface area contributed by atoms with Gasteiger partial charge in [0.2, 0.25) is 0 Å². The van der Waals surface area contributed by atoms with Gasteiger partial charge in [-0.3, -0.25) is 0 Å². The Balaban J connectivity index is 2.45. The number of rotatable bonds is 5. The maximum absolute atomic E-state index is 8.58. The summed E-state index contributed by atoms with van der Waals surface area (Å²) in [4.78, 5) is 0. The van der Waals surface area contributed by atoms with Gasteiger partial charge in [0.05, 0.1) is 19.1 Å². The van der Waals surface area contributed by atoms with Gasteiger partial charge in [-0.1, -0.05) is 0 Å². The Labute approximate surface area is 71.4 Å². The molecule has 1 aromatic heterocycles. The second-order valence-corrected chi connectivity index (χ2v) is 2.52. The molecule has 4 heteroatoms. The van der Waals surface area contributed by atoms with Crippen LogP contribution in [-0.2, 0) is 0 Å². The van der Waals surface area contributed by atoms with Crippen LogP contribution in [0.4, 0.5) is 0 Å². The maximum atomic E-state index is 8.58. The molecular formula is C8H14N2O2. The van der Waals surface area contributed by atoms with Crippen LogP contribution in [0.2, 0.25) is 0 Å². The van der Waals surface area contributed by atoms with E-state index in [4.69, 9.17) is 15.3 Å². The fourth-order valence-corrected chi connectivity index (χ4v) is 1.05. The topological polar surface area (TPSA) is 71.4 Å². The van der Waals surface area contributed by atoms with E-state index in [-0.39, 0.29) is 12.6 Å². The van der Waals surface area contributed by atoms with E-state index in [1.807, 2.05) is 6.07 Å². The monoisotopic (exact) mass is 170 g/mol. The largest absolute Gasteiger partial charge is 0.472 e. The molecule has 0 aliphatic carbocycles. The molecule has 4 N–H and O–H groups in total. The normalized spacial score (nSPS) is 13.2. The van der Waals surface area contributed by atoms with Gasteiger partial charge in [-0.25, -0.2) is 0 Å². The highest BCUT2D eigenvalue weighted by Crippen LogP contribution is 2.10. The number of hydrogen-bond acceptors (Lipinski definition) is 4. The second-order valence-electron chi connectivity index (χ2n) is 2.52. The first-order valence-corrected chi connectivity index (χ1v) is 3.95. The molecule has 68 valence electrons. The van der Waals surface area contributed by atoms with Gasteiger partial charge in [0.25, 0.3) is 0 Å². The lowest BCUT2D eigenvalue weighted by atomic mass is 10.1. The van der Waals surface area contributed by atoms with E-state index in [1.54, 1.807) is 12.5 Å². The van der Waals surface area contributed by atoms with E-state index in [9.17, 15) is 0 Å². The molecule has 0 radical (unpaired) electrons. The zero-order chi connectivity index (χ0) is 8.81. The van der Waals surface area contributed by atoms with Crippen molar-refractivity contribution in [1.29, 1.82) is 0 Å². The highest BCUT2D eigenvalue weighted by Gasteiger charge is 2.08. The highest BCUT2D eigenvalue weighted by atomic mass is 16.3. The molecular weight excluding hydrogens is 156 g/mol. The average molecular weight is 170 g/mol.